The molecule has 1 rings (SSSR count). The van der Waals surface area contributed by atoms with Crippen LogP contribution in [0.1, 0.15) is 59.8 Å². The summed E-state index contributed by atoms with van der Waals surface area (Å²) in [5, 5.41) is 0. The largest absolute Gasteiger partial charge is 0.303 e. The minimum absolute atomic E-state index is 0.888. The van der Waals surface area contributed by atoms with E-state index in [0.29, 0.717) is 0 Å². The summed E-state index contributed by atoms with van der Waals surface area (Å²) in [7, 11) is 0. The Morgan fingerprint density at radius 3 is 2.00 bits per heavy atom. The topological polar surface area (TPSA) is 3.24 Å². The zero-order chi connectivity index (χ0) is 12.0. The Labute approximate surface area is 103 Å². The minimum Gasteiger partial charge on any atom is -0.303 e. The summed E-state index contributed by atoms with van der Waals surface area (Å²) in [6, 6.07) is 0. The average Bonchev–Trinajstić information content (AvgIpc) is 2.25. The van der Waals surface area contributed by atoms with E-state index in [-0.39, 0.29) is 0 Å². The van der Waals surface area contributed by atoms with Gasteiger partial charge < -0.3 is 4.90 Å². The van der Waals surface area contributed by atoms with Crippen LogP contribution in [0.4, 0.5) is 0 Å². The van der Waals surface area contributed by atoms with Crippen molar-refractivity contribution in [3.8, 4) is 0 Å². The highest BCUT2D eigenvalue weighted by molar-refractivity contribution is 4.79. The zero-order valence-electron chi connectivity index (χ0n) is 11.8. The second kappa shape index (κ2) is 7.32. The predicted molar refractivity (Wildman–Crippen MR) is 72.7 cm³/mol. The van der Waals surface area contributed by atoms with Gasteiger partial charge in [0.2, 0.25) is 0 Å². The van der Waals surface area contributed by atoms with Crippen molar-refractivity contribution in [2.45, 2.75) is 59.8 Å². The molecular formula is C15H31N. The van der Waals surface area contributed by atoms with E-state index in [1.165, 1.54) is 51.7 Å². The summed E-state index contributed by atoms with van der Waals surface area (Å²) in [5.74, 6) is 2.69. The van der Waals surface area contributed by atoms with Gasteiger partial charge in [-0.25, -0.2) is 0 Å². The lowest BCUT2D eigenvalue weighted by Gasteiger charge is -2.39. The molecule has 1 aliphatic rings. The third-order valence-electron chi connectivity index (χ3n) is 4.47. The van der Waals surface area contributed by atoms with Crippen LogP contribution in [0.2, 0.25) is 0 Å². The van der Waals surface area contributed by atoms with E-state index in [0.717, 1.165) is 17.8 Å². The maximum atomic E-state index is 2.70. The van der Waals surface area contributed by atoms with Gasteiger partial charge in [-0.1, -0.05) is 53.4 Å². The molecule has 1 aliphatic heterocycles. The Morgan fingerprint density at radius 2 is 1.44 bits per heavy atom. The Hall–Kier alpha value is -0.0400. The molecule has 2 atom stereocenters. The molecule has 96 valence electrons. The van der Waals surface area contributed by atoms with Crippen molar-refractivity contribution in [2.24, 2.45) is 17.8 Å². The van der Waals surface area contributed by atoms with Crippen LogP contribution in [0.5, 0.6) is 0 Å². The fourth-order valence-electron chi connectivity index (χ4n) is 2.90. The zero-order valence-corrected chi connectivity index (χ0v) is 11.8. The first-order chi connectivity index (χ1) is 7.65. The van der Waals surface area contributed by atoms with Crippen molar-refractivity contribution in [1.82, 2.24) is 4.90 Å². The van der Waals surface area contributed by atoms with Crippen molar-refractivity contribution in [3.05, 3.63) is 0 Å². The summed E-state index contributed by atoms with van der Waals surface area (Å²) in [4.78, 5) is 2.70. The monoisotopic (exact) mass is 225 g/mol. The molecule has 0 radical (unpaired) electrons. The van der Waals surface area contributed by atoms with Gasteiger partial charge in [-0.05, 0) is 30.7 Å². The molecule has 0 aromatic rings. The van der Waals surface area contributed by atoms with E-state index in [9.17, 15) is 0 Å². The maximum Gasteiger partial charge on any atom is 0.000979 e. The molecule has 0 saturated carbocycles. The standard InChI is InChI=1S/C15H31N/c1-5-6-7-8-9-10-16-11-13(2)15(4)14(3)12-16/h13-15H,5-12H2,1-4H3. The van der Waals surface area contributed by atoms with Crippen LogP contribution in [0, 0.1) is 17.8 Å². The molecular weight excluding hydrogens is 194 g/mol. The molecule has 0 spiro atoms. The highest BCUT2D eigenvalue weighted by Gasteiger charge is 2.27. The SMILES string of the molecule is CCCCCCCN1CC(C)C(C)C(C)C1. The Morgan fingerprint density at radius 1 is 0.875 bits per heavy atom. The van der Waals surface area contributed by atoms with Gasteiger partial charge in [0.15, 0.2) is 0 Å². The Kier molecular flexibility index (Phi) is 6.41. The summed E-state index contributed by atoms with van der Waals surface area (Å²) in [6.45, 7) is 13.6. The molecule has 0 amide bonds. The van der Waals surface area contributed by atoms with Crippen LogP contribution in [0.3, 0.4) is 0 Å². The molecule has 0 aromatic carbocycles. The third-order valence-corrected chi connectivity index (χ3v) is 4.47. The van der Waals surface area contributed by atoms with Gasteiger partial charge in [0.1, 0.15) is 0 Å². The van der Waals surface area contributed by atoms with Crippen molar-refractivity contribution in [1.29, 1.82) is 0 Å². The lowest BCUT2D eigenvalue weighted by molar-refractivity contribution is 0.0869. The second-order valence-electron chi connectivity index (χ2n) is 5.99. The smallest absolute Gasteiger partial charge is 0.000979 e. The lowest BCUT2D eigenvalue weighted by Crippen LogP contribution is -2.43. The van der Waals surface area contributed by atoms with E-state index in [4.69, 9.17) is 0 Å². The molecule has 0 aliphatic carbocycles. The Balaban J connectivity index is 2.13. The van der Waals surface area contributed by atoms with Crippen LogP contribution in [-0.4, -0.2) is 24.5 Å². The van der Waals surface area contributed by atoms with Crippen LogP contribution >= 0.6 is 0 Å². The first kappa shape index (κ1) is 14.0. The molecule has 16 heavy (non-hydrogen) atoms. The number of nitrogens with zero attached hydrogens (tertiary/aromatic N) is 1. The van der Waals surface area contributed by atoms with Gasteiger partial charge in [-0.15, -0.1) is 0 Å². The third kappa shape index (κ3) is 4.45. The summed E-state index contributed by atoms with van der Waals surface area (Å²) in [6.07, 6.45) is 7.06. The fraction of sp³-hybridized carbons (Fsp3) is 1.00. The molecule has 1 heterocycles. The number of piperidine rings is 1. The first-order valence-electron chi connectivity index (χ1n) is 7.37. The summed E-state index contributed by atoms with van der Waals surface area (Å²) in [5.41, 5.74) is 0. The van der Waals surface area contributed by atoms with E-state index < -0.39 is 0 Å². The van der Waals surface area contributed by atoms with Crippen molar-refractivity contribution >= 4 is 0 Å². The number of hydrogen-bond acceptors (Lipinski definition) is 1. The van der Waals surface area contributed by atoms with Crippen molar-refractivity contribution < 1.29 is 0 Å². The number of unbranched alkanes of at least 4 members (excludes halogenated alkanes) is 4. The molecule has 1 nitrogen and oxygen atoms in total. The van der Waals surface area contributed by atoms with E-state index in [1.807, 2.05) is 0 Å². The van der Waals surface area contributed by atoms with Gasteiger partial charge in [-0.2, -0.15) is 0 Å². The van der Waals surface area contributed by atoms with Gasteiger partial charge in [0, 0.05) is 13.1 Å². The highest BCUT2D eigenvalue weighted by atomic mass is 15.1. The molecule has 0 bridgehead atoms. The van der Waals surface area contributed by atoms with Crippen LogP contribution < -0.4 is 0 Å². The number of hydrogen-bond donors (Lipinski definition) is 0. The molecule has 0 aromatic heterocycles. The summed E-state index contributed by atoms with van der Waals surface area (Å²) < 4.78 is 0. The van der Waals surface area contributed by atoms with E-state index in [1.54, 1.807) is 0 Å². The fourth-order valence-corrected chi connectivity index (χ4v) is 2.90. The quantitative estimate of drug-likeness (QED) is 0.613. The van der Waals surface area contributed by atoms with Gasteiger partial charge in [0.05, 0.1) is 0 Å². The molecule has 1 saturated heterocycles. The lowest BCUT2D eigenvalue weighted by atomic mass is 9.81. The van der Waals surface area contributed by atoms with E-state index in [2.05, 4.69) is 32.6 Å². The number of likely N-dealkylation sites (tertiary alicyclic amines) is 1. The molecule has 0 N–H and O–H groups in total. The normalized spacial score (nSPS) is 31.9. The van der Waals surface area contributed by atoms with Gasteiger partial charge >= 0.3 is 0 Å². The highest BCUT2D eigenvalue weighted by Crippen LogP contribution is 2.27. The Bertz CT molecular complexity index is 166. The molecule has 1 heteroatoms. The van der Waals surface area contributed by atoms with Crippen molar-refractivity contribution in [3.63, 3.8) is 0 Å². The number of rotatable bonds is 6. The first-order valence-corrected chi connectivity index (χ1v) is 7.37. The second-order valence-corrected chi connectivity index (χ2v) is 5.99. The molecule has 1 fully saturated rings. The van der Waals surface area contributed by atoms with Crippen LogP contribution in [0.15, 0.2) is 0 Å². The predicted octanol–water partition coefficient (Wildman–Crippen LogP) is 4.18. The van der Waals surface area contributed by atoms with Crippen LogP contribution in [-0.2, 0) is 0 Å². The minimum atomic E-state index is 0.888. The average molecular weight is 225 g/mol. The maximum absolute atomic E-state index is 2.70. The van der Waals surface area contributed by atoms with Gasteiger partial charge in [0.25, 0.3) is 0 Å². The van der Waals surface area contributed by atoms with Gasteiger partial charge in [-0.3, -0.25) is 0 Å². The summed E-state index contributed by atoms with van der Waals surface area (Å²) >= 11 is 0. The van der Waals surface area contributed by atoms with E-state index >= 15 is 0 Å². The van der Waals surface area contributed by atoms with Crippen LogP contribution in [0.25, 0.3) is 0 Å². The van der Waals surface area contributed by atoms with Crippen molar-refractivity contribution in [2.75, 3.05) is 19.6 Å². The molecule has 2 unspecified atom stereocenters.